The lowest BCUT2D eigenvalue weighted by atomic mass is 9.97. The summed E-state index contributed by atoms with van der Waals surface area (Å²) >= 11 is 1.43. The molecule has 1 amide bonds. The van der Waals surface area contributed by atoms with Crippen molar-refractivity contribution in [2.24, 2.45) is 4.99 Å². The topological polar surface area (TPSA) is 75.2 Å². The SMILES string of the molecule is CN1CCN=C1c1ccc(C2=CC(CNC(=O)c3cccs3)ON2)c(OC2CCCCC2)c1. The molecule has 0 bridgehead atoms. The van der Waals surface area contributed by atoms with Crippen LogP contribution in [-0.2, 0) is 4.84 Å². The first-order valence-corrected chi connectivity index (χ1v) is 12.6. The maximum absolute atomic E-state index is 12.2. The minimum atomic E-state index is -0.253. The lowest BCUT2D eigenvalue weighted by Crippen LogP contribution is -2.31. The Morgan fingerprint density at radius 3 is 2.94 bits per heavy atom. The van der Waals surface area contributed by atoms with Gasteiger partial charge in [-0.2, -0.15) is 0 Å². The highest BCUT2D eigenvalue weighted by Crippen LogP contribution is 2.33. The summed E-state index contributed by atoms with van der Waals surface area (Å²) in [6.07, 6.45) is 7.88. The maximum atomic E-state index is 12.2. The Kier molecular flexibility index (Phi) is 6.64. The van der Waals surface area contributed by atoms with Crippen molar-refractivity contribution in [2.75, 3.05) is 26.7 Å². The van der Waals surface area contributed by atoms with Crippen molar-refractivity contribution < 1.29 is 14.4 Å². The number of benzene rings is 1. The molecule has 1 aromatic carbocycles. The Morgan fingerprint density at radius 2 is 2.18 bits per heavy atom. The number of hydroxylamine groups is 1. The van der Waals surface area contributed by atoms with Gasteiger partial charge >= 0.3 is 0 Å². The maximum Gasteiger partial charge on any atom is 0.261 e. The number of nitrogens with one attached hydrogen (secondary N) is 2. The van der Waals surface area contributed by atoms with E-state index in [2.05, 4.69) is 45.9 Å². The summed E-state index contributed by atoms with van der Waals surface area (Å²) in [7, 11) is 2.07. The smallest absolute Gasteiger partial charge is 0.261 e. The zero-order valence-electron chi connectivity index (χ0n) is 18.9. The fraction of sp³-hybridized carbons (Fsp3) is 0.440. The number of rotatable bonds is 7. The Balaban J connectivity index is 1.34. The van der Waals surface area contributed by atoms with Gasteiger partial charge in [-0.25, -0.2) is 0 Å². The van der Waals surface area contributed by atoms with Crippen molar-refractivity contribution in [3.63, 3.8) is 0 Å². The Labute approximate surface area is 198 Å². The number of likely N-dealkylation sites (N-methyl/N-ethyl adjacent to an activating group) is 1. The van der Waals surface area contributed by atoms with Crippen LogP contribution >= 0.6 is 11.3 Å². The lowest BCUT2D eigenvalue weighted by molar-refractivity contribution is 0.0498. The van der Waals surface area contributed by atoms with Gasteiger partial charge in [-0.05, 0) is 55.3 Å². The van der Waals surface area contributed by atoms with E-state index in [9.17, 15) is 4.79 Å². The Hall–Kier alpha value is -2.84. The van der Waals surface area contributed by atoms with E-state index in [1.165, 1.54) is 30.6 Å². The highest BCUT2D eigenvalue weighted by molar-refractivity contribution is 7.12. The van der Waals surface area contributed by atoms with Crippen LogP contribution in [0.1, 0.15) is 52.9 Å². The van der Waals surface area contributed by atoms with Gasteiger partial charge in [-0.3, -0.25) is 20.1 Å². The van der Waals surface area contributed by atoms with E-state index in [0.717, 1.165) is 54.3 Å². The van der Waals surface area contributed by atoms with E-state index in [1.807, 2.05) is 23.6 Å². The molecule has 1 aromatic heterocycles. The summed E-state index contributed by atoms with van der Waals surface area (Å²) in [6.45, 7) is 2.16. The molecule has 1 fully saturated rings. The Morgan fingerprint density at radius 1 is 1.30 bits per heavy atom. The number of hydrogen-bond acceptors (Lipinski definition) is 7. The highest BCUT2D eigenvalue weighted by atomic mass is 32.1. The predicted molar refractivity (Wildman–Crippen MR) is 131 cm³/mol. The molecular formula is C25H30N4O3S. The van der Waals surface area contributed by atoms with Crippen LogP contribution in [-0.4, -0.2) is 55.5 Å². The van der Waals surface area contributed by atoms with Crippen molar-refractivity contribution in [3.05, 3.63) is 57.8 Å². The van der Waals surface area contributed by atoms with Crippen molar-refractivity contribution in [1.29, 1.82) is 0 Å². The first kappa shape index (κ1) is 22.0. The van der Waals surface area contributed by atoms with Crippen LogP contribution in [0.2, 0.25) is 0 Å². The van der Waals surface area contributed by atoms with Crippen molar-refractivity contribution >= 4 is 28.8 Å². The molecular weight excluding hydrogens is 436 g/mol. The molecule has 8 heteroatoms. The fourth-order valence-electron chi connectivity index (χ4n) is 4.51. The Bertz CT molecular complexity index is 1040. The molecule has 2 aromatic rings. The number of hydrogen-bond donors (Lipinski definition) is 2. The number of carbonyl (C=O) groups excluding carboxylic acids is 1. The largest absolute Gasteiger partial charge is 0.490 e. The summed E-state index contributed by atoms with van der Waals surface area (Å²) in [5, 5.41) is 4.84. The normalized spacial score (nSPS) is 20.9. The number of amides is 1. The summed E-state index contributed by atoms with van der Waals surface area (Å²) in [5.41, 5.74) is 5.96. The number of aliphatic imine (C=N–C) groups is 1. The van der Waals surface area contributed by atoms with E-state index in [0.29, 0.717) is 11.4 Å². The molecule has 33 heavy (non-hydrogen) atoms. The zero-order chi connectivity index (χ0) is 22.6. The highest BCUT2D eigenvalue weighted by Gasteiger charge is 2.25. The molecule has 0 saturated heterocycles. The van der Waals surface area contributed by atoms with Gasteiger partial charge in [0, 0.05) is 24.7 Å². The summed E-state index contributed by atoms with van der Waals surface area (Å²) in [4.78, 5) is 25.5. The predicted octanol–water partition coefficient (Wildman–Crippen LogP) is 3.83. The average molecular weight is 467 g/mol. The lowest BCUT2D eigenvalue weighted by Gasteiger charge is -2.25. The van der Waals surface area contributed by atoms with Gasteiger partial charge in [0.25, 0.3) is 5.91 Å². The third-order valence-corrected chi connectivity index (χ3v) is 7.18. The number of carbonyl (C=O) groups is 1. The van der Waals surface area contributed by atoms with Crippen molar-refractivity contribution in [3.8, 4) is 5.75 Å². The van der Waals surface area contributed by atoms with Gasteiger partial charge in [0.15, 0.2) is 0 Å². The molecule has 2 N–H and O–H groups in total. The van der Waals surface area contributed by atoms with Gasteiger partial charge in [0.2, 0.25) is 0 Å². The van der Waals surface area contributed by atoms with E-state index >= 15 is 0 Å². The van der Waals surface area contributed by atoms with Gasteiger partial charge in [-0.15, -0.1) is 11.3 Å². The first-order chi connectivity index (χ1) is 16.2. The minimum absolute atomic E-state index is 0.0809. The third-order valence-electron chi connectivity index (χ3n) is 6.32. The molecule has 0 spiro atoms. The van der Waals surface area contributed by atoms with Crippen LogP contribution in [0.15, 0.2) is 46.8 Å². The number of nitrogens with zero attached hydrogens (tertiary/aromatic N) is 2. The molecule has 174 valence electrons. The van der Waals surface area contributed by atoms with Crippen LogP contribution < -0.4 is 15.5 Å². The van der Waals surface area contributed by atoms with Gasteiger partial charge in [0.05, 0.1) is 29.8 Å². The van der Waals surface area contributed by atoms with E-state index in [4.69, 9.17) is 9.57 Å². The molecule has 7 nitrogen and oxygen atoms in total. The first-order valence-electron chi connectivity index (χ1n) is 11.7. The monoisotopic (exact) mass is 466 g/mol. The third kappa shape index (κ3) is 5.07. The quantitative estimate of drug-likeness (QED) is 0.649. The minimum Gasteiger partial charge on any atom is -0.490 e. The van der Waals surface area contributed by atoms with Crippen LogP contribution in [0.4, 0.5) is 0 Å². The average Bonchev–Trinajstić information content (AvgIpc) is 3.60. The van der Waals surface area contributed by atoms with E-state index in [1.54, 1.807) is 0 Å². The second-order valence-corrected chi connectivity index (χ2v) is 9.69. The molecule has 1 aliphatic carbocycles. The molecule has 3 heterocycles. The van der Waals surface area contributed by atoms with Gasteiger partial charge < -0.3 is 15.0 Å². The number of thiophene rings is 1. The second kappa shape index (κ2) is 9.97. The standard InChI is InChI=1S/C25H30N4O3S/c1-29-12-11-26-24(29)17-9-10-20(22(14-17)31-18-6-3-2-4-7-18)21-15-19(32-28-21)16-27-25(30)23-8-5-13-33-23/h5,8-10,13-15,18-19,28H,2-4,6-7,11-12,16H2,1H3,(H,27,30). The van der Waals surface area contributed by atoms with Crippen LogP contribution in [0.3, 0.4) is 0 Å². The van der Waals surface area contributed by atoms with Crippen molar-refractivity contribution in [2.45, 2.75) is 44.3 Å². The summed E-state index contributed by atoms with van der Waals surface area (Å²) in [5.74, 6) is 1.78. The molecule has 1 saturated carbocycles. The van der Waals surface area contributed by atoms with Crippen LogP contribution in [0.5, 0.6) is 5.75 Å². The number of ether oxygens (including phenoxy) is 1. The van der Waals surface area contributed by atoms with Crippen LogP contribution in [0.25, 0.3) is 5.70 Å². The fourth-order valence-corrected chi connectivity index (χ4v) is 5.15. The molecule has 2 aliphatic heterocycles. The van der Waals surface area contributed by atoms with E-state index in [-0.39, 0.29) is 18.1 Å². The molecule has 1 atom stereocenters. The summed E-state index contributed by atoms with van der Waals surface area (Å²) in [6, 6.07) is 9.98. The molecule has 0 radical (unpaired) electrons. The number of amidine groups is 1. The second-order valence-electron chi connectivity index (χ2n) is 8.74. The van der Waals surface area contributed by atoms with Gasteiger partial charge in [-0.1, -0.05) is 18.6 Å². The van der Waals surface area contributed by atoms with Crippen molar-refractivity contribution in [1.82, 2.24) is 15.7 Å². The van der Waals surface area contributed by atoms with Crippen LogP contribution in [0, 0.1) is 0 Å². The summed E-state index contributed by atoms with van der Waals surface area (Å²) < 4.78 is 6.54. The molecule has 3 aliphatic rings. The van der Waals surface area contributed by atoms with Gasteiger partial charge in [0.1, 0.15) is 17.7 Å². The molecule has 5 rings (SSSR count). The molecule has 1 unspecified atom stereocenters. The zero-order valence-corrected chi connectivity index (χ0v) is 19.7. The van der Waals surface area contributed by atoms with E-state index < -0.39 is 0 Å².